The molecule has 0 spiro atoms. The molecule has 4 heteroatoms. The Kier molecular flexibility index (Phi) is 4.20. The highest BCUT2D eigenvalue weighted by atomic mass is 35.5. The predicted octanol–water partition coefficient (Wildman–Crippen LogP) is 2.56. The number of nitrogens with zero attached hydrogens (tertiary/aromatic N) is 2. The van der Waals surface area contributed by atoms with E-state index in [0.717, 1.165) is 44.3 Å². The standard InChI is InChI=1S/C16H24ClN3/c1-12(2)20-11-13(10-19-8-6-18-7-9-19)16-14(17)4-3-5-15(16)20/h3-5,12-13,18H,6-11H2,1-2H3. The van der Waals surface area contributed by atoms with Gasteiger partial charge in [0.2, 0.25) is 0 Å². The highest BCUT2D eigenvalue weighted by Crippen LogP contribution is 2.42. The Labute approximate surface area is 126 Å². The van der Waals surface area contributed by atoms with Crippen LogP contribution in [-0.4, -0.2) is 50.2 Å². The third kappa shape index (κ3) is 2.67. The molecule has 0 aliphatic carbocycles. The smallest absolute Gasteiger partial charge is 0.0462 e. The number of anilines is 1. The van der Waals surface area contributed by atoms with E-state index in [0.29, 0.717) is 12.0 Å². The lowest BCUT2D eigenvalue weighted by molar-refractivity contribution is 0.229. The van der Waals surface area contributed by atoms with Crippen molar-refractivity contribution in [3.8, 4) is 0 Å². The molecule has 1 saturated heterocycles. The first-order valence-electron chi connectivity index (χ1n) is 7.65. The van der Waals surface area contributed by atoms with Crippen molar-refractivity contribution in [1.29, 1.82) is 0 Å². The summed E-state index contributed by atoms with van der Waals surface area (Å²) >= 11 is 6.49. The number of nitrogens with one attached hydrogen (secondary N) is 1. The van der Waals surface area contributed by atoms with Crippen molar-refractivity contribution in [1.82, 2.24) is 10.2 Å². The van der Waals surface area contributed by atoms with Crippen molar-refractivity contribution in [2.75, 3.05) is 44.2 Å². The number of hydrogen-bond donors (Lipinski definition) is 1. The van der Waals surface area contributed by atoms with Gasteiger partial charge in [-0.2, -0.15) is 0 Å². The SMILES string of the molecule is CC(C)N1CC(CN2CCNCC2)c2c(Cl)cccc21. The number of halogens is 1. The molecule has 0 aromatic heterocycles. The first-order chi connectivity index (χ1) is 9.66. The van der Waals surface area contributed by atoms with Gasteiger partial charge in [-0.3, -0.25) is 0 Å². The van der Waals surface area contributed by atoms with Gasteiger partial charge in [-0.15, -0.1) is 0 Å². The van der Waals surface area contributed by atoms with Gasteiger partial charge in [0.1, 0.15) is 0 Å². The number of hydrogen-bond acceptors (Lipinski definition) is 3. The maximum absolute atomic E-state index is 6.49. The molecular weight excluding hydrogens is 270 g/mol. The van der Waals surface area contributed by atoms with Crippen molar-refractivity contribution in [3.63, 3.8) is 0 Å². The van der Waals surface area contributed by atoms with E-state index in [1.165, 1.54) is 11.3 Å². The molecule has 1 unspecified atom stereocenters. The van der Waals surface area contributed by atoms with E-state index in [-0.39, 0.29) is 0 Å². The van der Waals surface area contributed by atoms with Crippen LogP contribution in [0.1, 0.15) is 25.3 Å². The van der Waals surface area contributed by atoms with Crippen molar-refractivity contribution >= 4 is 17.3 Å². The average Bonchev–Trinajstić information content (AvgIpc) is 2.80. The monoisotopic (exact) mass is 293 g/mol. The van der Waals surface area contributed by atoms with Gasteiger partial charge in [-0.25, -0.2) is 0 Å². The molecule has 1 atom stereocenters. The molecule has 110 valence electrons. The van der Waals surface area contributed by atoms with Crippen LogP contribution >= 0.6 is 11.6 Å². The van der Waals surface area contributed by atoms with Crippen LogP contribution in [0, 0.1) is 0 Å². The van der Waals surface area contributed by atoms with Gasteiger partial charge < -0.3 is 15.1 Å². The van der Waals surface area contributed by atoms with Gasteiger partial charge in [-0.05, 0) is 26.0 Å². The minimum Gasteiger partial charge on any atom is -0.368 e. The van der Waals surface area contributed by atoms with Crippen molar-refractivity contribution in [2.45, 2.75) is 25.8 Å². The number of benzene rings is 1. The average molecular weight is 294 g/mol. The van der Waals surface area contributed by atoms with Gasteiger partial charge in [-0.1, -0.05) is 17.7 Å². The molecule has 1 aromatic rings. The molecule has 0 amide bonds. The second-order valence-corrected chi connectivity index (χ2v) is 6.57. The Morgan fingerprint density at radius 1 is 1.30 bits per heavy atom. The summed E-state index contributed by atoms with van der Waals surface area (Å²) in [7, 11) is 0. The summed E-state index contributed by atoms with van der Waals surface area (Å²) < 4.78 is 0. The fourth-order valence-electron chi connectivity index (χ4n) is 3.45. The minimum atomic E-state index is 0.528. The molecule has 0 saturated carbocycles. The van der Waals surface area contributed by atoms with Crippen molar-refractivity contribution < 1.29 is 0 Å². The maximum atomic E-state index is 6.49. The van der Waals surface area contributed by atoms with E-state index in [2.05, 4.69) is 41.1 Å². The fourth-order valence-corrected chi connectivity index (χ4v) is 3.77. The highest BCUT2D eigenvalue weighted by molar-refractivity contribution is 6.32. The largest absolute Gasteiger partial charge is 0.368 e. The summed E-state index contributed by atoms with van der Waals surface area (Å²) in [6.45, 7) is 11.3. The third-order valence-corrected chi connectivity index (χ3v) is 4.81. The highest BCUT2D eigenvalue weighted by Gasteiger charge is 2.33. The molecule has 2 aliphatic heterocycles. The molecule has 0 bridgehead atoms. The zero-order valence-corrected chi connectivity index (χ0v) is 13.2. The van der Waals surface area contributed by atoms with Crippen LogP contribution < -0.4 is 10.2 Å². The van der Waals surface area contributed by atoms with Gasteiger partial charge in [0.25, 0.3) is 0 Å². The Morgan fingerprint density at radius 2 is 2.05 bits per heavy atom. The first kappa shape index (κ1) is 14.2. The summed E-state index contributed by atoms with van der Waals surface area (Å²) in [6, 6.07) is 6.86. The summed E-state index contributed by atoms with van der Waals surface area (Å²) in [5.41, 5.74) is 2.70. The van der Waals surface area contributed by atoms with Gasteiger partial charge in [0.15, 0.2) is 0 Å². The molecule has 0 radical (unpaired) electrons. The second kappa shape index (κ2) is 5.92. The molecule has 3 rings (SSSR count). The lowest BCUT2D eigenvalue weighted by Gasteiger charge is -2.30. The Morgan fingerprint density at radius 3 is 2.75 bits per heavy atom. The summed E-state index contributed by atoms with van der Waals surface area (Å²) in [6.07, 6.45) is 0. The summed E-state index contributed by atoms with van der Waals surface area (Å²) in [4.78, 5) is 5.06. The molecule has 1 N–H and O–H groups in total. The lowest BCUT2D eigenvalue weighted by atomic mass is 10.0. The topological polar surface area (TPSA) is 18.5 Å². The van der Waals surface area contributed by atoms with Crippen molar-refractivity contribution in [2.24, 2.45) is 0 Å². The molecular formula is C16H24ClN3. The zero-order chi connectivity index (χ0) is 14.1. The molecule has 1 aromatic carbocycles. The molecule has 3 nitrogen and oxygen atoms in total. The van der Waals surface area contributed by atoms with Crippen LogP contribution in [0.5, 0.6) is 0 Å². The zero-order valence-electron chi connectivity index (χ0n) is 12.4. The predicted molar refractivity (Wildman–Crippen MR) is 86.0 cm³/mol. The van der Waals surface area contributed by atoms with Crippen LogP contribution in [-0.2, 0) is 0 Å². The first-order valence-corrected chi connectivity index (χ1v) is 8.02. The lowest BCUT2D eigenvalue weighted by Crippen LogP contribution is -2.45. The summed E-state index contributed by atoms with van der Waals surface area (Å²) in [5, 5.41) is 4.35. The van der Waals surface area contributed by atoms with Crippen LogP contribution in [0.4, 0.5) is 5.69 Å². The van der Waals surface area contributed by atoms with E-state index in [1.807, 2.05) is 6.07 Å². The van der Waals surface area contributed by atoms with E-state index < -0.39 is 0 Å². The number of fused-ring (bicyclic) bond motifs is 1. The molecule has 20 heavy (non-hydrogen) atoms. The van der Waals surface area contributed by atoms with Crippen LogP contribution in [0.25, 0.3) is 0 Å². The van der Waals surface area contributed by atoms with E-state index >= 15 is 0 Å². The molecule has 2 heterocycles. The Bertz CT molecular complexity index is 469. The van der Waals surface area contributed by atoms with Crippen molar-refractivity contribution in [3.05, 3.63) is 28.8 Å². The number of rotatable bonds is 3. The third-order valence-electron chi connectivity index (χ3n) is 4.48. The normalized spacial score (nSPS) is 23.4. The van der Waals surface area contributed by atoms with Crippen LogP contribution in [0.3, 0.4) is 0 Å². The number of piperazine rings is 1. The van der Waals surface area contributed by atoms with E-state index in [9.17, 15) is 0 Å². The van der Waals surface area contributed by atoms with Gasteiger partial charge >= 0.3 is 0 Å². The van der Waals surface area contributed by atoms with E-state index in [4.69, 9.17) is 11.6 Å². The van der Waals surface area contributed by atoms with Crippen LogP contribution in [0.15, 0.2) is 18.2 Å². The molecule has 2 aliphatic rings. The minimum absolute atomic E-state index is 0.528. The van der Waals surface area contributed by atoms with E-state index in [1.54, 1.807) is 0 Å². The fraction of sp³-hybridized carbons (Fsp3) is 0.625. The second-order valence-electron chi connectivity index (χ2n) is 6.17. The van der Waals surface area contributed by atoms with Gasteiger partial charge in [0.05, 0.1) is 0 Å². The maximum Gasteiger partial charge on any atom is 0.0462 e. The molecule has 1 fully saturated rings. The summed E-state index contributed by atoms with van der Waals surface area (Å²) in [5.74, 6) is 0.541. The van der Waals surface area contributed by atoms with Crippen LogP contribution in [0.2, 0.25) is 5.02 Å². The Balaban J connectivity index is 1.83. The quantitative estimate of drug-likeness (QED) is 0.924. The Hall–Kier alpha value is -0.770. The van der Waals surface area contributed by atoms with Gasteiger partial charge in [0, 0.05) is 67.5 Å².